The number of hydrogen-bond acceptors (Lipinski definition) is 4. The number of nitrogens with zero attached hydrogens (tertiary/aromatic N) is 1. The maximum Gasteiger partial charge on any atom is 0.0992 e. The number of aliphatic hydroxyl groups excluding tert-OH is 1. The molecule has 1 aromatic rings. The van der Waals surface area contributed by atoms with Crippen LogP contribution in [0.5, 0.6) is 0 Å². The molecule has 0 bridgehead atoms. The number of nitrogens with one attached hydrogen (secondary N) is 1. The number of nitrogen functional groups attached to an aromatic ring is 1. The Morgan fingerprint density at radius 1 is 1.50 bits per heavy atom. The number of benzene rings is 1. The molecule has 0 saturated heterocycles. The summed E-state index contributed by atoms with van der Waals surface area (Å²) in [7, 11) is 0. The van der Waals surface area contributed by atoms with E-state index >= 15 is 0 Å². The van der Waals surface area contributed by atoms with Crippen molar-refractivity contribution in [2.24, 2.45) is 5.92 Å². The van der Waals surface area contributed by atoms with Gasteiger partial charge in [-0.1, -0.05) is 6.92 Å². The van der Waals surface area contributed by atoms with E-state index in [0.717, 1.165) is 5.69 Å². The lowest BCUT2D eigenvalue weighted by Crippen LogP contribution is -2.26. The molecule has 0 amide bonds. The maximum atomic E-state index is 9.03. The van der Waals surface area contributed by atoms with Crippen LogP contribution in [0.2, 0.25) is 0 Å². The van der Waals surface area contributed by atoms with Crippen LogP contribution in [0.4, 0.5) is 11.4 Å². The van der Waals surface area contributed by atoms with Crippen molar-refractivity contribution in [3.63, 3.8) is 0 Å². The Morgan fingerprint density at radius 2 is 2.19 bits per heavy atom. The van der Waals surface area contributed by atoms with E-state index in [1.165, 1.54) is 0 Å². The smallest absolute Gasteiger partial charge is 0.0992 e. The summed E-state index contributed by atoms with van der Waals surface area (Å²) < 4.78 is 0. The summed E-state index contributed by atoms with van der Waals surface area (Å²) in [5.74, 6) is 0.130. The topological polar surface area (TPSA) is 82.1 Å². The van der Waals surface area contributed by atoms with Crippen molar-refractivity contribution < 1.29 is 5.11 Å². The highest BCUT2D eigenvalue weighted by atomic mass is 16.3. The van der Waals surface area contributed by atoms with Crippen LogP contribution in [-0.4, -0.2) is 17.8 Å². The van der Waals surface area contributed by atoms with Gasteiger partial charge in [0.25, 0.3) is 0 Å². The van der Waals surface area contributed by atoms with Crippen molar-refractivity contribution >= 4 is 11.4 Å². The van der Waals surface area contributed by atoms with Crippen LogP contribution in [0.15, 0.2) is 18.2 Å². The number of hydrogen-bond donors (Lipinski definition) is 3. The SMILES string of the molecule is CC(CO)C(C)Nc1cc(C#N)ccc1N. The molecule has 0 aliphatic rings. The number of aliphatic hydroxyl groups is 1. The van der Waals surface area contributed by atoms with Crippen LogP contribution >= 0.6 is 0 Å². The molecule has 4 nitrogen and oxygen atoms in total. The van der Waals surface area contributed by atoms with Crippen molar-refractivity contribution in [2.45, 2.75) is 19.9 Å². The monoisotopic (exact) mass is 219 g/mol. The molecule has 2 unspecified atom stereocenters. The first kappa shape index (κ1) is 12.3. The van der Waals surface area contributed by atoms with Crippen LogP contribution in [0, 0.1) is 17.2 Å². The first-order valence-electron chi connectivity index (χ1n) is 5.25. The van der Waals surface area contributed by atoms with Crippen molar-refractivity contribution in [1.82, 2.24) is 0 Å². The maximum absolute atomic E-state index is 9.03. The fourth-order valence-corrected chi connectivity index (χ4v) is 1.30. The van der Waals surface area contributed by atoms with Crippen molar-refractivity contribution in [3.8, 4) is 6.07 Å². The quantitative estimate of drug-likeness (QED) is 0.671. The first-order valence-corrected chi connectivity index (χ1v) is 5.25. The Labute approximate surface area is 95.7 Å². The lowest BCUT2D eigenvalue weighted by molar-refractivity contribution is 0.226. The fourth-order valence-electron chi connectivity index (χ4n) is 1.30. The number of nitrogens with two attached hydrogens (primary N) is 1. The van der Waals surface area contributed by atoms with Crippen LogP contribution in [-0.2, 0) is 0 Å². The second-order valence-electron chi connectivity index (χ2n) is 4.01. The van der Waals surface area contributed by atoms with E-state index < -0.39 is 0 Å². The highest BCUT2D eigenvalue weighted by Crippen LogP contribution is 2.21. The number of rotatable bonds is 4. The molecule has 16 heavy (non-hydrogen) atoms. The van der Waals surface area contributed by atoms with E-state index in [1.54, 1.807) is 18.2 Å². The second kappa shape index (κ2) is 5.38. The molecule has 4 N–H and O–H groups in total. The summed E-state index contributed by atoms with van der Waals surface area (Å²) in [4.78, 5) is 0. The van der Waals surface area contributed by atoms with E-state index in [0.29, 0.717) is 11.3 Å². The molecule has 0 aliphatic carbocycles. The summed E-state index contributed by atoms with van der Waals surface area (Å²) in [6.07, 6.45) is 0. The van der Waals surface area contributed by atoms with Gasteiger partial charge in [-0.25, -0.2) is 0 Å². The molecule has 4 heteroatoms. The van der Waals surface area contributed by atoms with Gasteiger partial charge in [-0.3, -0.25) is 0 Å². The standard InChI is InChI=1S/C12H17N3O/c1-8(7-16)9(2)15-12-5-10(6-13)3-4-11(12)14/h3-5,8-9,15-16H,7,14H2,1-2H3. The van der Waals surface area contributed by atoms with Crippen molar-refractivity contribution in [3.05, 3.63) is 23.8 Å². The summed E-state index contributed by atoms with van der Waals surface area (Å²) in [5.41, 5.74) is 7.72. The van der Waals surface area contributed by atoms with Gasteiger partial charge < -0.3 is 16.2 Å². The molecule has 0 aromatic heterocycles. The van der Waals surface area contributed by atoms with Crippen molar-refractivity contribution in [1.29, 1.82) is 5.26 Å². The summed E-state index contributed by atoms with van der Waals surface area (Å²) in [5, 5.41) is 21.0. The van der Waals surface area contributed by atoms with E-state index in [-0.39, 0.29) is 18.6 Å². The molecule has 0 spiro atoms. The zero-order valence-electron chi connectivity index (χ0n) is 9.57. The van der Waals surface area contributed by atoms with Gasteiger partial charge in [-0.05, 0) is 31.0 Å². The minimum Gasteiger partial charge on any atom is -0.397 e. The van der Waals surface area contributed by atoms with E-state index in [9.17, 15) is 0 Å². The van der Waals surface area contributed by atoms with E-state index in [4.69, 9.17) is 16.1 Å². The fraction of sp³-hybridized carbons (Fsp3) is 0.417. The van der Waals surface area contributed by atoms with Gasteiger partial charge in [0.15, 0.2) is 0 Å². The molecule has 0 heterocycles. The molecule has 1 aromatic carbocycles. The van der Waals surface area contributed by atoms with Gasteiger partial charge in [0, 0.05) is 12.6 Å². The second-order valence-corrected chi connectivity index (χ2v) is 4.01. The minimum absolute atomic E-state index is 0.0984. The Balaban J connectivity index is 2.84. The van der Waals surface area contributed by atoms with Gasteiger partial charge in [-0.2, -0.15) is 5.26 Å². The average molecular weight is 219 g/mol. The third-order valence-electron chi connectivity index (χ3n) is 2.71. The molecule has 1 rings (SSSR count). The molecule has 0 radical (unpaired) electrons. The Kier molecular flexibility index (Phi) is 4.15. The molecule has 86 valence electrons. The third kappa shape index (κ3) is 2.88. The van der Waals surface area contributed by atoms with Crippen LogP contribution in [0.1, 0.15) is 19.4 Å². The molecule has 0 aliphatic heterocycles. The van der Waals surface area contributed by atoms with Crippen LogP contribution in [0.25, 0.3) is 0 Å². The largest absolute Gasteiger partial charge is 0.397 e. The van der Waals surface area contributed by atoms with Gasteiger partial charge in [0.1, 0.15) is 0 Å². The first-order chi connectivity index (χ1) is 7.58. The molecule has 0 fully saturated rings. The van der Waals surface area contributed by atoms with E-state index in [1.807, 2.05) is 13.8 Å². The van der Waals surface area contributed by atoms with Crippen LogP contribution < -0.4 is 11.1 Å². The predicted molar refractivity (Wildman–Crippen MR) is 64.9 cm³/mol. The van der Waals surface area contributed by atoms with E-state index in [2.05, 4.69) is 11.4 Å². The Bertz CT molecular complexity index is 398. The van der Waals surface area contributed by atoms with Crippen LogP contribution in [0.3, 0.4) is 0 Å². The molecule has 2 atom stereocenters. The summed E-state index contributed by atoms with van der Waals surface area (Å²) >= 11 is 0. The molecular weight excluding hydrogens is 202 g/mol. The molecule has 0 saturated carbocycles. The lowest BCUT2D eigenvalue weighted by Gasteiger charge is -2.21. The van der Waals surface area contributed by atoms with Gasteiger partial charge in [0.05, 0.1) is 23.0 Å². The number of anilines is 2. The highest BCUT2D eigenvalue weighted by molar-refractivity contribution is 5.68. The van der Waals surface area contributed by atoms with Gasteiger partial charge in [-0.15, -0.1) is 0 Å². The number of nitriles is 1. The Morgan fingerprint density at radius 3 is 2.75 bits per heavy atom. The van der Waals surface area contributed by atoms with Crippen molar-refractivity contribution in [2.75, 3.05) is 17.7 Å². The summed E-state index contributed by atoms with van der Waals surface area (Å²) in [6.45, 7) is 4.04. The zero-order valence-corrected chi connectivity index (χ0v) is 9.57. The third-order valence-corrected chi connectivity index (χ3v) is 2.71. The average Bonchev–Trinajstić information content (AvgIpc) is 2.30. The predicted octanol–water partition coefficient (Wildman–Crippen LogP) is 1.57. The lowest BCUT2D eigenvalue weighted by atomic mass is 10.0. The zero-order chi connectivity index (χ0) is 12.1. The minimum atomic E-state index is 0.0984. The van der Waals surface area contributed by atoms with Gasteiger partial charge in [0.2, 0.25) is 0 Å². The summed E-state index contributed by atoms with van der Waals surface area (Å²) in [6, 6.07) is 7.27. The highest BCUT2D eigenvalue weighted by Gasteiger charge is 2.12. The normalized spacial score (nSPS) is 13.9. The Hall–Kier alpha value is -1.73. The van der Waals surface area contributed by atoms with Gasteiger partial charge >= 0.3 is 0 Å². The molecular formula is C12H17N3O.